The van der Waals surface area contributed by atoms with Crippen LogP contribution in [0.15, 0.2) is 60.8 Å². The number of amides is 1. The lowest BCUT2D eigenvalue weighted by Crippen LogP contribution is -2.47. The number of rotatable bonds is 65. The predicted molar refractivity (Wildman–Crippen MR) is 360 cm³/mol. The van der Waals surface area contributed by atoms with Crippen LogP contribution in [0, 0.1) is 0 Å². The molecule has 0 aliphatic carbocycles. The molecule has 9 nitrogen and oxygen atoms in total. The smallest absolute Gasteiger partial charge is 0.456 e. The van der Waals surface area contributed by atoms with Crippen molar-refractivity contribution in [3.63, 3.8) is 0 Å². The Kier molecular flexibility index (Phi) is 61.0. The number of carbonyl (C=O) groups excluding carboxylic acids is 2. The average Bonchev–Trinajstić information content (AvgIpc) is 3.46. The first-order chi connectivity index (χ1) is 40.4. The zero-order valence-corrected chi connectivity index (χ0v) is 56.6. The summed E-state index contributed by atoms with van der Waals surface area (Å²) < 4.78 is 30.8. The maximum Gasteiger partial charge on any atom is 0.472 e. The Hall–Kier alpha value is -2.29. The lowest BCUT2D eigenvalue weighted by molar-refractivity contribution is -0.870. The van der Waals surface area contributed by atoms with E-state index in [1.807, 2.05) is 33.3 Å². The number of hydrogen-bond donors (Lipinski definition) is 2. The van der Waals surface area contributed by atoms with Crippen LogP contribution in [0.2, 0.25) is 0 Å². The monoisotopic (exact) mass is 1190 g/mol. The topological polar surface area (TPSA) is 111 Å². The molecule has 0 fully saturated rings. The Balaban J connectivity index is 5.08. The van der Waals surface area contributed by atoms with E-state index in [4.69, 9.17) is 13.8 Å². The van der Waals surface area contributed by atoms with Crippen LogP contribution in [0.4, 0.5) is 0 Å². The van der Waals surface area contributed by atoms with Crippen LogP contribution >= 0.6 is 7.82 Å². The van der Waals surface area contributed by atoms with Crippen molar-refractivity contribution in [1.82, 2.24) is 5.32 Å². The highest BCUT2D eigenvalue weighted by atomic mass is 31.2. The number of esters is 1. The molecule has 0 saturated carbocycles. The summed E-state index contributed by atoms with van der Waals surface area (Å²) in [5.74, 6) is -0.497. The summed E-state index contributed by atoms with van der Waals surface area (Å²) in [6.45, 7) is 7.01. The molecule has 0 radical (unpaired) electrons. The van der Waals surface area contributed by atoms with Crippen molar-refractivity contribution in [2.24, 2.45) is 0 Å². The van der Waals surface area contributed by atoms with Gasteiger partial charge in [-0.25, -0.2) is 4.57 Å². The van der Waals surface area contributed by atoms with E-state index in [0.29, 0.717) is 17.4 Å². The van der Waals surface area contributed by atoms with Crippen molar-refractivity contribution in [3.8, 4) is 0 Å². The molecule has 486 valence electrons. The van der Waals surface area contributed by atoms with Gasteiger partial charge in [0, 0.05) is 12.8 Å². The fraction of sp³-hybridized carbons (Fsp3) is 0.836. The second-order valence-corrected chi connectivity index (χ2v) is 26.9. The molecule has 0 aliphatic heterocycles. The number of phosphoric acid groups is 1. The third-order valence-corrected chi connectivity index (χ3v) is 16.9. The zero-order valence-electron chi connectivity index (χ0n) is 55.7. The first-order valence-corrected chi connectivity index (χ1v) is 37.1. The average molecular weight is 1190 g/mol. The predicted octanol–water partition coefficient (Wildman–Crippen LogP) is 22.6. The van der Waals surface area contributed by atoms with Crippen molar-refractivity contribution in [2.75, 3.05) is 40.9 Å². The molecule has 3 atom stereocenters. The van der Waals surface area contributed by atoms with E-state index in [9.17, 15) is 19.0 Å². The van der Waals surface area contributed by atoms with Crippen molar-refractivity contribution in [3.05, 3.63) is 60.8 Å². The van der Waals surface area contributed by atoms with Gasteiger partial charge in [0.2, 0.25) is 5.91 Å². The fourth-order valence-electron chi connectivity index (χ4n) is 10.4. The largest absolute Gasteiger partial charge is 0.472 e. The Bertz CT molecular complexity index is 1600. The maximum atomic E-state index is 13.6. The molecule has 0 spiro atoms. The standard InChI is InChI=1S/C73H137N2O7P/c1-7-10-13-16-19-22-25-28-30-32-34-35-36-37-38-39-41-42-44-47-50-53-56-59-62-65-72(76)74-70(69-81-83(78,79)80-68-67-75(4,5)6)71(64-61-58-55-52-49-46-27-24-21-18-15-12-9-3)82-73(77)66-63-60-57-54-51-48-45-43-40-33-31-29-26-23-20-17-14-11-8-2/h19-20,22-23,28-31,61,64,70-71H,7-18,21,24-27,32-60,62-63,65-69H2,1-6H3,(H-,74,76,78,79)/p+1/b22-19-,23-20-,30-28-,31-29-,64-61-. The lowest BCUT2D eigenvalue weighted by atomic mass is 10.0. The number of carbonyl (C=O) groups is 2. The Morgan fingerprint density at radius 3 is 1.11 bits per heavy atom. The minimum Gasteiger partial charge on any atom is -0.456 e. The zero-order chi connectivity index (χ0) is 60.7. The number of unbranched alkanes of at least 4 members (excludes halogenated alkanes) is 41. The van der Waals surface area contributed by atoms with Gasteiger partial charge in [0.25, 0.3) is 0 Å². The molecule has 0 heterocycles. The third-order valence-electron chi connectivity index (χ3n) is 15.9. The van der Waals surface area contributed by atoms with Gasteiger partial charge >= 0.3 is 13.8 Å². The second kappa shape index (κ2) is 62.8. The summed E-state index contributed by atoms with van der Waals surface area (Å²) in [5.41, 5.74) is 0. The number of nitrogens with zero attached hydrogens (tertiary/aromatic N) is 1. The highest BCUT2D eigenvalue weighted by Crippen LogP contribution is 2.43. The van der Waals surface area contributed by atoms with E-state index in [1.165, 1.54) is 238 Å². The SMILES string of the molecule is CCCCC/C=C\C/C=C\CCCCCCCCCCCCCCCCCC(=O)NC(COP(=O)(O)OCC[N+](C)(C)C)C(/C=C\CCCCCCCCCCCCC)OC(=O)CCCCCCCCCCC/C=C\C/C=C\CCCCC. The first-order valence-electron chi connectivity index (χ1n) is 35.6. The summed E-state index contributed by atoms with van der Waals surface area (Å²) in [6.07, 6.45) is 80.8. The molecule has 0 aromatic rings. The molecule has 83 heavy (non-hydrogen) atoms. The van der Waals surface area contributed by atoms with Gasteiger partial charge in [0.1, 0.15) is 19.3 Å². The Labute approximate surface area is 515 Å². The number of hydrogen-bond acceptors (Lipinski definition) is 6. The van der Waals surface area contributed by atoms with E-state index < -0.39 is 20.0 Å². The van der Waals surface area contributed by atoms with E-state index in [0.717, 1.165) is 70.6 Å². The van der Waals surface area contributed by atoms with Gasteiger partial charge in [-0.2, -0.15) is 0 Å². The third kappa shape index (κ3) is 64.0. The van der Waals surface area contributed by atoms with Crippen LogP contribution in [0.1, 0.15) is 342 Å². The van der Waals surface area contributed by atoms with Gasteiger partial charge in [-0.15, -0.1) is 0 Å². The number of nitrogens with one attached hydrogen (secondary N) is 1. The van der Waals surface area contributed by atoms with Crippen LogP contribution in [-0.4, -0.2) is 74.3 Å². The Morgan fingerprint density at radius 2 is 0.735 bits per heavy atom. The van der Waals surface area contributed by atoms with Gasteiger partial charge in [-0.05, 0) is 96.0 Å². The minimum absolute atomic E-state index is 0.0398. The van der Waals surface area contributed by atoms with E-state index in [1.54, 1.807) is 0 Å². The summed E-state index contributed by atoms with van der Waals surface area (Å²) >= 11 is 0. The first kappa shape index (κ1) is 80.7. The van der Waals surface area contributed by atoms with Crippen LogP contribution < -0.4 is 5.32 Å². The highest BCUT2D eigenvalue weighted by molar-refractivity contribution is 7.47. The number of quaternary nitrogens is 1. The van der Waals surface area contributed by atoms with E-state index >= 15 is 0 Å². The molecule has 2 N–H and O–H groups in total. The summed E-state index contributed by atoms with van der Waals surface area (Å²) in [6, 6.07) is -0.851. The molecule has 0 aliphatic rings. The molecule has 0 rings (SSSR count). The van der Waals surface area contributed by atoms with Gasteiger partial charge in [-0.1, -0.05) is 294 Å². The molecule has 0 aromatic heterocycles. The second-order valence-electron chi connectivity index (χ2n) is 25.4. The number of allylic oxidation sites excluding steroid dienone is 9. The van der Waals surface area contributed by atoms with Crippen LogP contribution in [0.25, 0.3) is 0 Å². The van der Waals surface area contributed by atoms with Crippen LogP contribution in [0.5, 0.6) is 0 Å². The van der Waals surface area contributed by atoms with Gasteiger partial charge in [0.15, 0.2) is 0 Å². The number of likely N-dealkylation sites (N-methyl/N-ethyl adjacent to an activating group) is 1. The quantitative estimate of drug-likeness (QED) is 0.0205. The Morgan fingerprint density at radius 1 is 0.422 bits per heavy atom. The minimum atomic E-state index is -4.46. The fourth-order valence-corrected chi connectivity index (χ4v) is 11.2. The molecule has 0 aromatic carbocycles. The lowest BCUT2D eigenvalue weighted by Gasteiger charge is -2.27. The molecule has 0 bridgehead atoms. The molecule has 3 unspecified atom stereocenters. The van der Waals surface area contributed by atoms with Crippen molar-refractivity contribution < 1.29 is 37.3 Å². The summed E-state index contributed by atoms with van der Waals surface area (Å²) in [4.78, 5) is 37.9. The van der Waals surface area contributed by atoms with Gasteiger partial charge in [0.05, 0.1) is 33.8 Å². The highest BCUT2D eigenvalue weighted by Gasteiger charge is 2.30. The van der Waals surface area contributed by atoms with E-state index in [-0.39, 0.29) is 31.5 Å². The van der Waals surface area contributed by atoms with Crippen molar-refractivity contribution in [2.45, 2.75) is 354 Å². The molecule has 1 amide bonds. The summed E-state index contributed by atoms with van der Waals surface area (Å²) in [7, 11) is 1.50. The van der Waals surface area contributed by atoms with Gasteiger partial charge < -0.3 is 19.4 Å². The molecular weight excluding hydrogens is 1050 g/mol. The summed E-state index contributed by atoms with van der Waals surface area (Å²) in [5, 5.41) is 3.08. The van der Waals surface area contributed by atoms with Crippen molar-refractivity contribution in [1.29, 1.82) is 0 Å². The number of phosphoric ester groups is 1. The molecule has 0 saturated heterocycles. The number of ether oxygens (including phenoxy) is 1. The van der Waals surface area contributed by atoms with E-state index in [2.05, 4.69) is 74.7 Å². The van der Waals surface area contributed by atoms with Crippen molar-refractivity contribution >= 4 is 19.7 Å². The van der Waals surface area contributed by atoms with Crippen LogP contribution in [0.3, 0.4) is 0 Å². The molecular formula is C73H138N2O7P+. The molecule has 10 heteroatoms. The van der Waals surface area contributed by atoms with Crippen LogP contribution in [-0.2, 0) is 27.9 Å². The maximum absolute atomic E-state index is 13.6. The normalized spacial score (nSPS) is 13.9. The van der Waals surface area contributed by atoms with Gasteiger partial charge in [-0.3, -0.25) is 18.6 Å².